The van der Waals surface area contributed by atoms with Crippen molar-refractivity contribution in [1.82, 2.24) is 19.7 Å². The van der Waals surface area contributed by atoms with Gasteiger partial charge in [-0.25, -0.2) is 4.98 Å². The summed E-state index contributed by atoms with van der Waals surface area (Å²) in [5.74, 6) is 3.33. The summed E-state index contributed by atoms with van der Waals surface area (Å²) in [6, 6.07) is 7.76. The number of hydrogen-bond donors (Lipinski definition) is 0. The van der Waals surface area contributed by atoms with Crippen LogP contribution in [0.3, 0.4) is 0 Å². The molecule has 0 fully saturated rings. The van der Waals surface area contributed by atoms with E-state index in [1.807, 2.05) is 28.8 Å². The van der Waals surface area contributed by atoms with Crippen molar-refractivity contribution in [2.45, 2.75) is 30.7 Å². The van der Waals surface area contributed by atoms with Crippen LogP contribution in [0.15, 0.2) is 46.4 Å². The standard InChI is InChI=1S/C16H18N4O2S/c1-11(2)14-8-17-15(22-14)9-23-16-19-18-10-20(16)12-5-4-6-13(7-12)21-3/h4-8,10-11H,9H2,1-3H3. The molecule has 0 saturated carbocycles. The Morgan fingerprint density at radius 3 is 2.96 bits per heavy atom. The topological polar surface area (TPSA) is 66.0 Å². The molecule has 0 amide bonds. The van der Waals surface area contributed by atoms with Crippen LogP contribution in [-0.4, -0.2) is 26.9 Å². The molecule has 0 N–H and O–H groups in total. The van der Waals surface area contributed by atoms with E-state index in [1.165, 1.54) is 11.8 Å². The van der Waals surface area contributed by atoms with Crippen LogP contribution < -0.4 is 4.74 Å². The van der Waals surface area contributed by atoms with Gasteiger partial charge in [0, 0.05) is 12.0 Å². The zero-order chi connectivity index (χ0) is 16.2. The highest BCUT2D eigenvalue weighted by Crippen LogP contribution is 2.26. The van der Waals surface area contributed by atoms with Crippen LogP contribution in [0, 0.1) is 0 Å². The van der Waals surface area contributed by atoms with Crippen LogP contribution in [-0.2, 0) is 5.75 Å². The van der Waals surface area contributed by atoms with Gasteiger partial charge < -0.3 is 9.15 Å². The SMILES string of the molecule is COc1cccc(-n2cnnc2SCc2ncc(C(C)C)o2)c1. The number of benzene rings is 1. The molecule has 0 aliphatic rings. The minimum Gasteiger partial charge on any atom is -0.497 e. The molecule has 23 heavy (non-hydrogen) atoms. The number of rotatable bonds is 6. The van der Waals surface area contributed by atoms with Gasteiger partial charge in [-0.15, -0.1) is 10.2 Å². The molecule has 0 saturated heterocycles. The Bertz CT molecular complexity index is 782. The van der Waals surface area contributed by atoms with E-state index < -0.39 is 0 Å². The van der Waals surface area contributed by atoms with Crippen LogP contribution in [0.25, 0.3) is 5.69 Å². The monoisotopic (exact) mass is 330 g/mol. The molecule has 120 valence electrons. The fraction of sp³-hybridized carbons (Fsp3) is 0.312. The maximum absolute atomic E-state index is 5.72. The Morgan fingerprint density at radius 1 is 1.35 bits per heavy atom. The smallest absolute Gasteiger partial charge is 0.204 e. The first-order valence-corrected chi connectivity index (χ1v) is 8.28. The van der Waals surface area contributed by atoms with Gasteiger partial charge in [0.25, 0.3) is 0 Å². The predicted octanol–water partition coefficient (Wildman–Crippen LogP) is 3.68. The molecule has 7 heteroatoms. The Labute approximate surface area is 138 Å². The highest BCUT2D eigenvalue weighted by atomic mass is 32.2. The van der Waals surface area contributed by atoms with E-state index in [0.29, 0.717) is 17.6 Å². The molecule has 0 bridgehead atoms. The van der Waals surface area contributed by atoms with Crippen molar-refractivity contribution in [2.24, 2.45) is 0 Å². The average Bonchev–Trinajstić information content (AvgIpc) is 3.22. The minimum absolute atomic E-state index is 0.335. The van der Waals surface area contributed by atoms with Gasteiger partial charge >= 0.3 is 0 Å². The van der Waals surface area contributed by atoms with Crippen molar-refractivity contribution in [1.29, 1.82) is 0 Å². The zero-order valence-electron chi connectivity index (χ0n) is 13.3. The van der Waals surface area contributed by atoms with Gasteiger partial charge in [0.2, 0.25) is 5.89 Å². The summed E-state index contributed by atoms with van der Waals surface area (Å²) < 4.78 is 12.9. The third-order valence-corrected chi connectivity index (χ3v) is 4.24. The van der Waals surface area contributed by atoms with Gasteiger partial charge in [-0.2, -0.15) is 0 Å². The van der Waals surface area contributed by atoms with E-state index >= 15 is 0 Å². The highest BCUT2D eigenvalue weighted by molar-refractivity contribution is 7.98. The lowest BCUT2D eigenvalue weighted by atomic mass is 10.2. The summed E-state index contributed by atoms with van der Waals surface area (Å²) in [5, 5.41) is 8.95. The Balaban J connectivity index is 1.75. The first-order valence-electron chi connectivity index (χ1n) is 7.29. The number of aromatic nitrogens is 4. The largest absolute Gasteiger partial charge is 0.497 e. The average molecular weight is 330 g/mol. The van der Waals surface area contributed by atoms with E-state index in [4.69, 9.17) is 9.15 Å². The van der Waals surface area contributed by atoms with Crippen molar-refractivity contribution in [3.05, 3.63) is 48.4 Å². The number of ether oxygens (including phenoxy) is 1. The second-order valence-corrected chi connectivity index (χ2v) is 6.23. The lowest BCUT2D eigenvalue weighted by Gasteiger charge is -2.07. The van der Waals surface area contributed by atoms with Crippen molar-refractivity contribution < 1.29 is 9.15 Å². The molecular formula is C16H18N4O2S. The van der Waals surface area contributed by atoms with E-state index in [2.05, 4.69) is 29.0 Å². The normalized spacial score (nSPS) is 11.1. The van der Waals surface area contributed by atoms with Gasteiger partial charge in [-0.05, 0) is 12.1 Å². The third kappa shape index (κ3) is 3.56. The van der Waals surface area contributed by atoms with Crippen LogP contribution in [0.2, 0.25) is 0 Å². The zero-order valence-corrected chi connectivity index (χ0v) is 14.1. The second-order valence-electron chi connectivity index (χ2n) is 5.28. The fourth-order valence-corrected chi connectivity index (χ4v) is 2.83. The van der Waals surface area contributed by atoms with E-state index in [1.54, 1.807) is 19.6 Å². The Morgan fingerprint density at radius 2 is 2.22 bits per heavy atom. The molecule has 3 rings (SSSR count). The maximum Gasteiger partial charge on any atom is 0.204 e. The Hall–Kier alpha value is -2.28. The molecular weight excluding hydrogens is 312 g/mol. The van der Waals surface area contributed by atoms with E-state index in [0.717, 1.165) is 22.4 Å². The molecule has 0 unspecified atom stereocenters. The van der Waals surface area contributed by atoms with Crippen LogP contribution in [0.4, 0.5) is 0 Å². The van der Waals surface area contributed by atoms with Crippen molar-refractivity contribution in [2.75, 3.05) is 7.11 Å². The van der Waals surface area contributed by atoms with Crippen molar-refractivity contribution >= 4 is 11.8 Å². The first-order chi connectivity index (χ1) is 11.2. The minimum atomic E-state index is 0.335. The summed E-state index contributed by atoms with van der Waals surface area (Å²) in [5.41, 5.74) is 0.951. The summed E-state index contributed by atoms with van der Waals surface area (Å²) in [4.78, 5) is 4.30. The number of nitrogens with zero attached hydrogens (tertiary/aromatic N) is 4. The third-order valence-electron chi connectivity index (χ3n) is 3.31. The highest BCUT2D eigenvalue weighted by Gasteiger charge is 2.12. The molecule has 2 aromatic heterocycles. The van der Waals surface area contributed by atoms with Gasteiger partial charge in [-0.3, -0.25) is 4.57 Å². The second kappa shape index (κ2) is 6.87. The summed E-state index contributed by atoms with van der Waals surface area (Å²) in [7, 11) is 1.65. The van der Waals surface area contributed by atoms with Gasteiger partial charge in [-0.1, -0.05) is 31.7 Å². The summed E-state index contributed by atoms with van der Waals surface area (Å²) in [6.07, 6.45) is 3.47. The lowest BCUT2D eigenvalue weighted by Crippen LogP contribution is -1.96. The quantitative estimate of drug-likeness (QED) is 0.642. The first kappa shape index (κ1) is 15.6. The number of hydrogen-bond acceptors (Lipinski definition) is 6. The molecule has 0 aliphatic heterocycles. The van der Waals surface area contributed by atoms with Crippen LogP contribution >= 0.6 is 11.8 Å². The molecule has 6 nitrogen and oxygen atoms in total. The molecule has 0 aliphatic carbocycles. The molecule has 0 radical (unpaired) electrons. The van der Waals surface area contributed by atoms with Crippen molar-refractivity contribution in [3.63, 3.8) is 0 Å². The van der Waals surface area contributed by atoms with Gasteiger partial charge in [0.05, 0.1) is 24.7 Å². The molecule has 1 aromatic carbocycles. The lowest BCUT2D eigenvalue weighted by molar-refractivity contribution is 0.414. The summed E-state index contributed by atoms with van der Waals surface area (Å²) in [6.45, 7) is 4.16. The van der Waals surface area contributed by atoms with Gasteiger partial charge in [0.1, 0.15) is 17.8 Å². The molecule has 3 aromatic rings. The molecule has 0 atom stereocenters. The van der Waals surface area contributed by atoms with Crippen molar-refractivity contribution in [3.8, 4) is 11.4 Å². The van der Waals surface area contributed by atoms with Gasteiger partial charge in [0.15, 0.2) is 5.16 Å². The van der Waals surface area contributed by atoms with E-state index in [-0.39, 0.29) is 0 Å². The molecule has 0 spiro atoms. The van der Waals surface area contributed by atoms with E-state index in [9.17, 15) is 0 Å². The predicted molar refractivity (Wildman–Crippen MR) is 88.1 cm³/mol. The number of thioether (sulfide) groups is 1. The number of oxazole rings is 1. The van der Waals surface area contributed by atoms with Crippen LogP contribution in [0.5, 0.6) is 5.75 Å². The van der Waals surface area contributed by atoms with Crippen LogP contribution in [0.1, 0.15) is 31.4 Å². The fourth-order valence-electron chi connectivity index (χ4n) is 2.04. The summed E-state index contributed by atoms with van der Waals surface area (Å²) >= 11 is 1.53. The maximum atomic E-state index is 5.72. The number of methoxy groups -OCH3 is 1. The molecule has 2 heterocycles. The Kier molecular flexibility index (Phi) is 4.66.